The molecule has 1 unspecified atom stereocenters. The van der Waals surface area contributed by atoms with Gasteiger partial charge in [0.2, 0.25) is 17.7 Å². The third-order valence-electron chi connectivity index (χ3n) is 9.66. The molecule has 4 rings (SSSR count). The number of nitrogens with zero attached hydrogens (tertiary/aromatic N) is 1. The quantitative estimate of drug-likeness (QED) is 0.161. The number of methoxy groups -OCH3 is 1. The lowest BCUT2D eigenvalue weighted by Crippen LogP contribution is -2.61. The average Bonchev–Trinajstić information content (AvgIpc) is 3.44. The number of amides is 3. The zero-order valence-corrected chi connectivity index (χ0v) is 28.8. The molecule has 3 aromatic carbocycles. The second-order valence-corrected chi connectivity index (χ2v) is 12.8. The molecule has 9 nitrogen and oxygen atoms in total. The van der Waals surface area contributed by atoms with Crippen LogP contribution in [0.5, 0.6) is 5.75 Å². The number of benzene rings is 3. The standard InChI is InChI=1S/C39H52N4O5/c1-5-28(3)39(42-36(45)6-2)22-23-43(38(39)47)34(21-20-29-14-9-7-10-15-29)37(46)41-33(25-30-16-11-8-12-17-30)35(44)27-40-26-31-18-13-19-32(24-31)48-4/h7-19,24,28,33-35,40,44H,5-6,20-23,25-27H2,1-4H3,(H,41,46)(H,42,45)/t28-,33-,34+,35?,39-/m0/s1. The van der Waals surface area contributed by atoms with Gasteiger partial charge in [-0.25, -0.2) is 0 Å². The van der Waals surface area contributed by atoms with Gasteiger partial charge in [-0.05, 0) is 60.4 Å². The molecule has 3 aromatic rings. The van der Waals surface area contributed by atoms with Gasteiger partial charge in [-0.3, -0.25) is 14.4 Å². The van der Waals surface area contributed by atoms with E-state index in [-0.39, 0.29) is 36.6 Å². The van der Waals surface area contributed by atoms with E-state index in [2.05, 4.69) is 16.0 Å². The summed E-state index contributed by atoms with van der Waals surface area (Å²) in [4.78, 5) is 43.0. The largest absolute Gasteiger partial charge is 0.497 e. The topological polar surface area (TPSA) is 120 Å². The first-order valence-electron chi connectivity index (χ1n) is 17.2. The van der Waals surface area contributed by atoms with Crippen molar-refractivity contribution in [3.05, 3.63) is 102 Å². The first kappa shape index (κ1) is 36.6. The maximum absolute atomic E-state index is 14.4. The van der Waals surface area contributed by atoms with Crippen molar-refractivity contribution in [2.45, 2.75) is 89.6 Å². The third-order valence-corrected chi connectivity index (χ3v) is 9.66. The van der Waals surface area contributed by atoms with E-state index in [4.69, 9.17) is 4.74 Å². The monoisotopic (exact) mass is 656 g/mol. The number of aliphatic hydroxyl groups is 1. The molecule has 1 saturated heterocycles. The number of aryl methyl sites for hydroxylation is 1. The molecule has 5 atom stereocenters. The van der Waals surface area contributed by atoms with E-state index in [9.17, 15) is 19.5 Å². The predicted molar refractivity (Wildman–Crippen MR) is 188 cm³/mol. The Labute approximate surface area is 285 Å². The Kier molecular flexibility index (Phi) is 13.6. The molecule has 1 fully saturated rings. The van der Waals surface area contributed by atoms with Crippen molar-refractivity contribution in [1.82, 2.24) is 20.9 Å². The van der Waals surface area contributed by atoms with Gasteiger partial charge in [0, 0.05) is 26.1 Å². The number of carbonyl (C=O) groups excluding carboxylic acids is 3. The van der Waals surface area contributed by atoms with E-state index in [0.29, 0.717) is 45.2 Å². The Bertz CT molecular complexity index is 1470. The van der Waals surface area contributed by atoms with Crippen molar-refractivity contribution in [2.24, 2.45) is 5.92 Å². The van der Waals surface area contributed by atoms with Crippen LogP contribution >= 0.6 is 0 Å². The maximum atomic E-state index is 14.4. The van der Waals surface area contributed by atoms with E-state index >= 15 is 0 Å². The molecule has 4 N–H and O–H groups in total. The van der Waals surface area contributed by atoms with Gasteiger partial charge in [-0.15, -0.1) is 0 Å². The molecule has 0 aromatic heterocycles. The number of hydrogen-bond acceptors (Lipinski definition) is 6. The van der Waals surface area contributed by atoms with Gasteiger partial charge < -0.3 is 30.7 Å². The molecule has 9 heteroatoms. The lowest BCUT2D eigenvalue weighted by Gasteiger charge is -2.36. The zero-order valence-electron chi connectivity index (χ0n) is 28.8. The fourth-order valence-electron chi connectivity index (χ4n) is 6.54. The van der Waals surface area contributed by atoms with E-state index in [1.807, 2.05) is 98.8 Å². The Balaban J connectivity index is 1.57. The maximum Gasteiger partial charge on any atom is 0.249 e. The van der Waals surface area contributed by atoms with Crippen LogP contribution in [-0.2, 0) is 33.8 Å². The van der Waals surface area contributed by atoms with E-state index in [1.54, 1.807) is 18.9 Å². The summed E-state index contributed by atoms with van der Waals surface area (Å²) in [5, 5.41) is 21.0. The summed E-state index contributed by atoms with van der Waals surface area (Å²) in [6.45, 7) is 6.89. The summed E-state index contributed by atoms with van der Waals surface area (Å²) >= 11 is 0. The van der Waals surface area contributed by atoms with Crippen LogP contribution in [0.1, 0.15) is 63.1 Å². The fourth-order valence-corrected chi connectivity index (χ4v) is 6.54. The highest BCUT2D eigenvalue weighted by molar-refractivity contribution is 5.97. The molecule has 1 aliphatic heterocycles. The highest BCUT2D eigenvalue weighted by Gasteiger charge is 2.53. The molecular formula is C39H52N4O5. The highest BCUT2D eigenvalue weighted by atomic mass is 16.5. The summed E-state index contributed by atoms with van der Waals surface area (Å²) in [6, 6.07) is 26.0. The molecule has 1 heterocycles. The third kappa shape index (κ3) is 9.45. The van der Waals surface area contributed by atoms with Crippen molar-refractivity contribution in [2.75, 3.05) is 20.2 Å². The van der Waals surface area contributed by atoms with Gasteiger partial charge in [0.25, 0.3) is 0 Å². The lowest BCUT2D eigenvalue weighted by molar-refractivity contribution is -0.144. The van der Waals surface area contributed by atoms with Gasteiger partial charge in [0.1, 0.15) is 17.3 Å². The minimum absolute atomic E-state index is 0.105. The summed E-state index contributed by atoms with van der Waals surface area (Å²) in [6.07, 6.45) is 1.92. The molecule has 3 amide bonds. The van der Waals surface area contributed by atoms with E-state index in [1.165, 1.54) is 0 Å². The summed E-state index contributed by atoms with van der Waals surface area (Å²) < 4.78 is 5.33. The Morgan fingerprint density at radius 2 is 1.62 bits per heavy atom. The number of ether oxygens (including phenoxy) is 1. The number of aliphatic hydroxyl groups excluding tert-OH is 1. The normalized spacial score (nSPS) is 18.5. The lowest BCUT2D eigenvalue weighted by atomic mass is 9.81. The molecule has 1 aliphatic rings. The van der Waals surface area contributed by atoms with Crippen LogP contribution in [0.3, 0.4) is 0 Å². The minimum atomic E-state index is -1.06. The zero-order chi connectivity index (χ0) is 34.5. The molecule has 0 bridgehead atoms. The highest BCUT2D eigenvalue weighted by Crippen LogP contribution is 2.34. The number of likely N-dealkylation sites (tertiary alicyclic amines) is 1. The SMILES string of the molecule is CCC(=O)N[C@]1([C@@H](C)CC)CCN([C@H](CCc2ccccc2)C(=O)N[C@@H](Cc2ccccc2)C(O)CNCc2cccc(OC)c2)C1=O. The van der Waals surface area contributed by atoms with Gasteiger partial charge in [0.05, 0.1) is 19.3 Å². The van der Waals surface area contributed by atoms with Crippen molar-refractivity contribution >= 4 is 17.7 Å². The van der Waals surface area contributed by atoms with Gasteiger partial charge in [-0.2, -0.15) is 0 Å². The first-order valence-corrected chi connectivity index (χ1v) is 17.2. The number of carbonyl (C=O) groups is 3. The molecular weight excluding hydrogens is 604 g/mol. The van der Waals surface area contributed by atoms with Crippen LogP contribution in [0.25, 0.3) is 0 Å². The van der Waals surface area contributed by atoms with Gasteiger partial charge in [0.15, 0.2) is 0 Å². The first-order chi connectivity index (χ1) is 23.2. The Hall–Kier alpha value is -4.21. The van der Waals surface area contributed by atoms with Crippen LogP contribution in [0, 0.1) is 5.92 Å². The average molecular weight is 657 g/mol. The summed E-state index contributed by atoms with van der Waals surface area (Å²) in [5.41, 5.74) is 2.00. The molecule has 48 heavy (non-hydrogen) atoms. The Morgan fingerprint density at radius 3 is 2.27 bits per heavy atom. The van der Waals surface area contributed by atoms with Crippen molar-refractivity contribution < 1.29 is 24.2 Å². The molecule has 0 saturated carbocycles. The molecule has 0 aliphatic carbocycles. The summed E-state index contributed by atoms with van der Waals surface area (Å²) in [7, 11) is 1.63. The van der Waals surface area contributed by atoms with Crippen LogP contribution in [0.4, 0.5) is 0 Å². The number of rotatable bonds is 18. The molecule has 258 valence electrons. The predicted octanol–water partition coefficient (Wildman–Crippen LogP) is 4.42. The smallest absolute Gasteiger partial charge is 0.249 e. The number of nitrogens with one attached hydrogen (secondary N) is 3. The molecule has 0 spiro atoms. The van der Waals surface area contributed by atoms with Gasteiger partial charge in [-0.1, -0.05) is 100.0 Å². The molecule has 0 radical (unpaired) electrons. The second-order valence-electron chi connectivity index (χ2n) is 12.8. The van der Waals surface area contributed by atoms with Crippen LogP contribution in [-0.4, -0.2) is 71.7 Å². The van der Waals surface area contributed by atoms with Crippen molar-refractivity contribution in [3.8, 4) is 5.75 Å². The summed E-state index contributed by atoms with van der Waals surface area (Å²) in [5.74, 6) is -0.0515. The van der Waals surface area contributed by atoms with Crippen LogP contribution in [0.2, 0.25) is 0 Å². The van der Waals surface area contributed by atoms with Gasteiger partial charge >= 0.3 is 0 Å². The number of hydrogen-bond donors (Lipinski definition) is 4. The van der Waals surface area contributed by atoms with Crippen LogP contribution < -0.4 is 20.7 Å². The van der Waals surface area contributed by atoms with E-state index < -0.39 is 23.7 Å². The Morgan fingerprint density at radius 1 is 0.958 bits per heavy atom. The second kappa shape index (κ2) is 17.8. The van der Waals surface area contributed by atoms with Crippen molar-refractivity contribution in [1.29, 1.82) is 0 Å². The van der Waals surface area contributed by atoms with Crippen LogP contribution in [0.15, 0.2) is 84.9 Å². The fraction of sp³-hybridized carbons (Fsp3) is 0.462. The minimum Gasteiger partial charge on any atom is -0.497 e. The van der Waals surface area contributed by atoms with E-state index in [0.717, 1.165) is 22.4 Å². The van der Waals surface area contributed by atoms with Crippen molar-refractivity contribution in [3.63, 3.8) is 0 Å².